The van der Waals surface area contributed by atoms with Gasteiger partial charge in [0.25, 0.3) is 5.90 Å². The van der Waals surface area contributed by atoms with Crippen LogP contribution in [0, 0.1) is 0 Å². The number of hydrogen-bond donors (Lipinski definition) is 0. The number of halogens is 1. The Morgan fingerprint density at radius 1 is 1.26 bits per heavy atom. The molecular formula is C13H7BrN2O3. The van der Waals surface area contributed by atoms with Crippen molar-refractivity contribution in [3.8, 4) is 0 Å². The fourth-order valence-electron chi connectivity index (χ4n) is 1.56. The molecule has 6 heteroatoms. The van der Waals surface area contributed by atoms with Crippen molar-refractivity contribution >= 4 is 33.9 Å². The lowest BCUT2D eigenvalue weighted by atomic mass is 10.2. The Bertz CT molecular complexity index is 689. The molecule has 0 N–H and O–H groups in total. The van der Waals surface area contributed by atoms with Crippen LogP contribution in [0.4, 0.5) is 0 Å². The van der Waals surface area contributed by atoms with Gasteiger partial charge in [-0.2, -0.15) is 0 Å². The molecule has 94 valence electrons. The van der Waals surface area contributed by atoms with Crippen LogP contribution in [0.15, 0.2) is 56.4 Å². The van der Waals surface area contributed by atoms with E-state index in [1.165, 1.54) is 0 Å². The maximum atomic E-state index is 11.7. The summed E-state index contributed by atoms with van der Waals surface area (Å²) in [6.07, 6.45) is 4.90. The van der Waals surface area contributed by atoms with Gasteiger partial charge in [-0.15, -0.1) is 0 Å². The van der Waals surface area contributed by atoms with Crippen molar-refractivity contribution in [2.75, 3.05) is 0 Å². The van der Waals surface area contributed by atoms with E-state index in [0.29, 0.717) is 10.4 Å². The Balaban J connectivity index is 1.94. The number of ether oxygens (including phenoxy) is 1. The summed E-state index contributed by atoms with van der Waals surface area (Å²) in [6, 6.07) is 6.98. The molecule has 2 aromatic heterocycles. The molecule has 19 heavy (non-hydrogen) atoms. The van der Waals surface area contributed by atoms with E-state index in [2.05, 4.69) is 25.9 Å². The Labute approximate surface area is 116 Å². The van der Waals surface area contributed by atoms with Gasteiger partial charge in [0, 0.05) is 12.4 Å². The number of carbonyl (C=O) groups excluding carboxylic acids is 1. The van der Waals surface area contributed by atoms with Crippen molar-refractivity contribution in [1.82, 2.24) is 4.98 Å². The van der Waals surface area contributed by atoms with Crippen molar-refractivity contribution in [2.45, 2.75) is 0 Å². The molecule has 3 heterocycles. The molecule has 0 saturated heterocycles. The van der Waals surface area contributed by atoms with Gasteiger partial charge in [-0.3, -0.25) is 4.98 Å². The van der Waals surface area contributed by atoms with Crippen LogP contribution in [-0.2, 0) is 9.53 Å². The van der Waals surface area contributed by atoms with Gasteiger partial charge in [0.1, 0.15) is 0 Å². The average Bonchev–Trinajstić information content (AvgIpc) is 2.98. The zero-order chi connectivity index (χ0) is 13.2. The lowest BCUT2D eigenvalue weighted by Crippen LogP contribution is -2.04. The van der Waals surface area contributed by atoms with Crippen molar-refractivity contribution in [3.05, 3.63) is 58.3 Å². The second kappa shape index (κ2) is 4.81. The van der Waals surface area contributed by atoms with E-state index >= 15 is 0 Å². The van der Waals surface area contributed by atoms with Gasteiger partial charge in [0.05, 0.1) is 0 Å². The third kappa shape index (κ3) is 2.48. The number of cyclic esters (lactones) is 1. The monoisotopic (exact) mass is 318 g/mol. The summed E-state index contributed by atoms with van der Waals surface area (Å²) in [6.45, 7) is 0. The number of aliphatic imine (C=N–C) groups is 1. The summed E-state index contributed by atoms with van der Waals surface area (Å²) in [7, 11) is 0. The van der Waals surface area contributed by atoms with E-state index in [1.54, 1.807) is 36.7 Å². The van der Waals surface area contributed by atoms with Crippen molar-refractivity contribution in [3.63, 3.8) is 0 Å². The minimum atomic E-state index is -0.508. The highest BCUT2D eigenvalue weighted by atomic mass is 79.9. The first kappa shape index (κ1) is 11.9. The Morgan fingerprint density at radius 2 is 2.16 bits per heavy atom. The zero-order valence-electron chi connectivity index (χ0n) is 9.54. The molecule has 0 fully saturated rings. The highest BCUT2D eigenvalue weighted by Crippen LogP contribution is 2.21. The van der Waals surface area contributed by atoms with Crippen LogP contribution in [0.5, 0.6) is 0 Å². The first-order chi connectivity index (χ1) is 9.22. The predicted molar refractivity (Wildman–Crippen MR) is 71.3 cm³/mol. The summed E-state index contributed by atoms with van der Waals surface area (Å²) in [5, 5.41) is 0. The molecule has 0 atom stereocenters. The smallest absolute Gasteiger partial charge is 0.363 e. The van der Waals surface area contributed by atoms with E-state index in [9.17, 15) is 4.79 Å². The Morgan fingerprint density at radius 3 is 2.84 bits per heavy atom. The number of rotatable bonds is 2. The van der Waals surface area contributed by atoms with Gasteiger partial charge in [-0.25, -0.2) is 9.79 Å². The number of hydrogen-bond acceptors (Lipinski definition) is 5. The van der Waals surface area contributed by atoms with Crippen LogP contribution in [0.3, 0.4) is 0 Å². The fourth-order valence-corrected chi connectivity index (χ4v) is 1.87. The number of aromatic nitrogens is 1. The molecular weight excluding hydrogens is 312 g/mol. The van der Waals surface area contributed by atoms with Crippen molar-refractivity contribution in [1.29, 1.82) is 0 Å². The zero-order valence-corrected chi connectivity index (χ0v) is 11.1. The molecule has 0 unspecified atom stereocenters. The summed E-state index contributed by atoms with van der Waals surface area (Å²) >= 11 is 3.18. The van der Waals surface area contributed by atoms with Gasteiger partial charge in [-0.05, 0) is 45.8 Å². The number of carbonyl (C=O) groups is 1. The number of esters is 1. The molecule has 0 aliphatic carbocycles. The first-order valence-corrected chi connectivity index (χ1v) is 6.20. The minimum absolute atomic E-state index is 0.158. The molecule has 0 radical (unpaired) electrons. The minimum Gasteiger partial charge on any atom is -0.444 e. The third-order valence-electron chi connectivity index (χ3n) is 2.39. The van der Waals surface area contributed by atoms with E-state index in [4.69, 9.17) is 9.15 Å². The molecule has 0 bridgehead atoms. The maximum absolute atomic E-state index is 11.7. The molecule has 0 amide bonds. The standard InChI is InChI=1S/C13H7BrN2O3/c14-11-4-3-10(18-11)12-16-9(13(17)19-12)6-8-2-1-5-15-7-8/h1-7H/b9-6-. The molecule has 0 saturated carbocycles. The molecule has 1 aliphatic heterocycles. The molecule has 1 aliphatic rings. The van der Waals surface area contributed by atoms with Gasteiger partial charge in [0.15, 0.2) is 16.1 Å². The second-order valence-electron chi connectivity index (χ2n) is 3.73. The normalized spacial score (nSPS) is 16.6. The average molecular weight is 319 g/mol. The number of furan rings is 1. The van der Waals surface area contributed by atoms with Crippen molar-refractivity contribution < 1.29 is 13.9 Å². The topological polar surface area (TPSA) is 64.7 Å². The number of nitrogens with zero attached hydrogens (tertiary/aromatic N) is 2. The van der Waals surface area contributed by atoms with Gasteiger partial charge in [-0.1, -0.05) is 6.07 Å². The molecule has 2 aromatic rings. The molecule has 5 nitrogen and oxygen atoms in total. The van der Waals surface area contributed by atoms with Crippen molar-refractivity contribution in [2.24, 2.45) is 4.99 Å². The first-order valence-electron chi connectivity index (χ1n) is 5.41. The van der Waals surface area contributed by atoms with Crippen LogP contribution in [0.2, 0.25) is 0 Å². The predicted octanol–water partition coefficient (Wildman–Crippen LogP) is 2.78. The van der Waals surface area contributed by atoms with Crippen LogP contribution in [0.25, 0.3) is 6.08 Å². The SMILES string of the molecule is O=C1OC(c2ccc(Br)o2)=N/C1=C\c1cccnc1. The number of pyridine rings is 1. The van der Waals surface area contributed by atoms with Gasteiger partial charge >= 0.3 is 5.97 Å². The van der Waals surface area contributed by atoms with Crippen LogP contribution in [-0.4, -0.2) is 16.9 Å². The molecule has 0 aromatic carbocycles. The maximum Gasteiger partial charge on any atom is 0.363 e. The molecule has 0 spiro atoms. The Hall–Kier alpha value is -2.21. The summed E-state index contributed by atoms with van der Waals surface area (Å²) < 4.78 is 10.9. The highest BCUT2D eigenvalue weighted by Gasteiger charge is 2.26. The quantitative estimate of drug-likeness (QED) is 0.631. The highest BCUT2D eigenvalue weighted by molar-refractivity contribution is 9.10. The van der Waals surface area contributed by atoms with Gasteiger partial charge in [0.2, 0.25) is 0 Å². The fraction of sp³-hybridized carbons (Fsp3) is 0. The third-order valence-corrected chi connectivity index (χ3v) is 2.82. The second-order valence-corrected chi connectivity index (χ2v) is 4.51. The van der Waals surface area contributed by atoms with Crippen LogP contribution in [0.1, 0.15) is 11.3 Å². The summed E-state index contributed by atoms with van der Waals surface area (Å²) in [4.78, 5) is 19.8. The lowest BCUT2D eigenvalue weighted by Gasteiger charge is -1.93. The summed E-state index contributed by atoms with van der Waals surface area (Å²) in [5.74, 6) is 0.0482. The lowest BCUT2D eigenvalue weighted by molar-refractivity contribution is -0.130. The summed E-state index contributed by atoms with van der Waals surface area (Å²) in [5.41, 5.74) is 0.996. The van der Waals surface area contributed by atoms with E-state index < -0.39 is 5.97 Å². The Kier molecular flexibility index (Phi) is 3.00. The van der Waals surface area contributed by atoms with Crippen LogP contribution >= 0.6 is 15.9 Å². The van der Waals surface area contributed by atoms with E-state index in [1.807, 2.05) is 6.07 Å². The van der Waals surface area contributed by atoms with Crippen LogP contribution < -0.4 is 0 Å². The van der Waals surface area contributed by atoms with Gasteiger partial charge < -0.3 is 9.15 Å². The largest absolute Gasteiger partial charge is 0.444 e. The van der Waals surface area contributed by atoms with E-state index in [-0.39, 0.29) is 11.6 Å². The molecule has 3 rings (SSSR count). The van der Waals surface area contributed by atoms with E-state index in [0.717, 1.165) is 5.56 Å².